The van der Waals surface area contributed by atoms with Crippen molar-refractivity contribution >= 4 is 144 Å². The number of carboxylic acids is 1. The average molecular weight is 1900 g/mol. The van der Waals surface area contributed by atoms with Gasteiger partial charge in [0, 0.05) is 131 Å². The Labute approximate surface area is 785 Å². The summed E-state index contributed by atoms with van der Waals surface area (Å²) in [6.07, 6.45) is -1.14. The number of rotatable bonds is 40. The number of fused-ring (bicyclic) bond motifs is 2. The van der Waals surface area contributed by atoms with Crippen LogP contribution in [0.5, 0.6) is 5.75 Å². The topological polar surface area (TPSA) is 589 Å². The molecule has 134 heavy (non-hydrogen) atoms. The van der Waals surface area contributed by atoms with Crippen LogP contribution in [0.4, 0.5) is 0 Å². The lowest BCUT2D eigenvalue weighted by atomic mass is 9.87. The van der Waals surface area contributed by atoms with Crippen molar-refractivity contribution in [3.63, 3.8) is 0 Å². The van der Waals surface area contributed by atoms with Crippen LogP contribution in [0.2, 0.25) is 0 Å². The van der Waals surface area contributed by atoms with E-state index < -0.39 is 208 Å². The van der Waals surface area contributed by atoms with E-state index in [4.69, 9.17) is 20.9 Å². The number of nitrogens with one attached hydrogen (secondary N) is 14. The number of benzene rings is 4. The summed E-state index contributed by atoms with van der Waals surface area (Å²) in [7, 11) is 3.27. The summed E-state index contributed by atoms with van der Waals surface area (Å²) in [4.78, 5) is 255. The van der Waals surface area contributed by atoms with E-state index in [9.17, 15) is 58.2 Å². The lowest BCUT2D eigenvalue weighted by Crippen LogP contribution is -2.67. The second-order valence-electron chi connectivity index (χ2n) is 35.4. The number of aromatic nitrogens is 2. The first-order valence-electron chi connectivity index (χ1n) is 44.5. The third-order valence-corrected chi connectivity index (χ3v) is 27.0. The molecule has 2 aliphatic rings. The molecule has 6 aromatic rings. The first-order valence-corrected chi connectivity index (χ1v) is 46.6. The number of aliphatic hydroxyl groups excluding tert-OH is 1. The third-order valence-electron chi connectivity index (χ3n) is 22.7. The Morgan fingerprint density at radius 3 is 1.90 bits per heavy atom. The van der Waals surface area contributed by atoms with Crippen molar-refractivity contribution in [3.05, 3.63) is 143 Å². The van der Waals surface area contributed by atoms with Crippen molar-refractivity contribution in [2.75, 3.05) is 46.5 Å². The van der Waals surface area contributed by atoms with Gasteiger partial charge in [-0.1, -0.05) is 114 Å². The fraction of sp³-hybridized carbons (Fsp3) is 0.505. The number of pyridine rings is 1. The Morgan fingerprint density at radius 1 is 0.642 bits per heavy atom. The van der Waals surface area contributed by atoms with E-state index in [2.05, 4.69) is 79.1 Å². The summed E-state index contributed by atoms with van der Waals surface area (Å²) >= 11 is 0. The Hall–Kier alpha value is -12.6. The van der Waals surface area contributed by atoms with Crippen LogP contribution in [0.3, 0.4) is 0 Å². The molecule has 2 aliphatic heterocycles. The van der Waals surface area contributed by atoms with Gasteiger partial charge >= 0.3 is 5.97 Å². The van der Waals surface area contributed by atoms with Gasteiger partial charge in [-0.05, 0) is 143 Å². The molecule has 39 nitrogen and oxygen atoms in total. The van der Waals surface area contributed by atoms with Crippen molar-refractivity contribution in [3.8, 4) is 5.75 Å². The Morgan fingerprint density at radius 2 is 1.25 bits per heavy atom. The number of amides is 15. The maximum Gasteiger partial charge on any atom is 0.303 e. The van der Waals surface area contributed by atoms with E-state index in [0.29, 0.717) is 44.3 Å². The highest BCUT2D eigenvalue weighted by Crippen LogP contribution is 2.47. The lowest BCUT2D eigenvalue weighted by Gasteiger charge is -2.39. The number of H-pyrrole nitrogens is 1. The Bertz CT molecular complexity index is 5200. The Kier molecular flexibility index (Phi) is 39.8. The van der Waals surface area contributed by atoms with Gasteiger partial charge in [0.1, 0.15) is 90.1 Å². The highest BCUT2D eigenvalue weighted by atomic mass is 33.1. The number of aliphatic hydroxyl groups is 1. The minimum atomic E-state index is -2.08. The number of hydrogen-bond acceptors (Lipinski definition) is 24. The molecule has 0 aliphatic carbocycles. The van der Waals surface area contributed by atoms with E-state index in [1.165, 1.54) is 47.1 Å². The number of aliphatic carboxylic acids is 1. The molecule has 0 unspecified atom stereocenters. The fourth-order valence-corrected chi connectivity index (χ4v) is 18.4. The molecule has 726 valence electrons. The van der Waals surface area contributed by atoms with Crippen LogP contribution in [0.25, 0.3) is 21.7 Å². The van der Waals surface area contributed by atoms with E-state index in [1.54, 1.807) is 121 Å². The normalized spacial score (nSPS) is 19.6. The molecule has 8 rings (SSSR count). The van der Waals surface area contributed by atoms with Gasteiger partial charge in [-0.3, -0.25) is 86.5 Å². The predicted octanol–water partition coefficient (Wildman–Crippen LogP) is 1.12. The van der Waals surface area contributed by atoms with Gasteiger partial charge in [0.2, 0.25) is 88.6 Å². The molecule has 4 heterocycles. The van der Waals surface area contributed by atoms with Gasteiger partial charge in [-0.15, -0.1) is 0 Å². The van der Waals surface area contributed by atoms with Crippen molar-refractivity contribution in [2.45, 2.75) is 247 Å². The van der Waals surface area contributed by atoms with Gasteiger partial charge in [0.15, 0.2) is 0 Å². The third kappa shape index (κ3) is 31.8. The minimum absolute atomic E-state index is 0.0317. The van der Waals surface area contributed by atoms with E-state index >= 15 is 33.6 Å². The zero-order valence-corrected chi connectivity index (χ0v) is 79.1. The molecule has 0 spiro atoms. The number of para-hydroxylation sites is 1. The van der Waals surface area contributed by atoms with Gasteiger partial charge in [0.05, 0.1) is 19.1 Å². The van der Waals surface area contributed by atoms with Crippen molar-refractivity contribution in [1.82, 2.24) is 84.0 Å². The second kappa shape index (κ2) is 49.9. The van der Waals surface area contributed by atoms with E-state index in [-0.39, 0.29) is 109 Å². The number of aryl methyl sites for hydroxylation is 1. The highest BCUT2D eigenvalue weighted by molar-refractivity contribution is 8.77. The quantitative estimate of drug-likeness (QED) is 0.0189. The first-order chi connectivity index (χ1) is 63.4. The average Bonchev–Trinajstić information content (AvgIpc) is 0.935. The molecular formula is C93H126N18O21S2. The molecule has 2 saturated heterocycles. The molecule has 2 fully saturated rings. The monoisotopic (exact) mass is 1890 g/mol. The molecule has 2 aromatic heterocycles. The van der Waals surface area contributed by atoms with Gasteiger partial charge in [0.25, 0.3) is 0 Å². The van der Waals surface area contributed by atoms with Crippen molar-refractivity contribution in [1.29, 1.82) is 0 Å². The number of aromatic amines is 1. The number of carbonyl (C=O) groups is 17. The summed E-state index contributed by atoms with van der Waals surface area (Å²) in [6, 6.07) is 9.07. The first kappa shape index (κ1) is 107. The van der Waals surface area contributed by atoms with Crippen LogP contribution < -0.4 is 85.3 Å². The number of nitrogens with zero attached hydrogens (tertiary/aromatic N) is 2. The van der Waals surface area contributed by atoms with Crippen molar-refractivity contribution < 1.29 is 101 Å². The Balaban J connectivity index is 1.22. The number of carboxylic acid groups (broad SMARTS) is 1. The predicted molar refractivity (Wildman–Crippen MR) is 501 cm³/mol. The van der Waals surface area contributed by atoms with Crippen LogP contribution in [0.1, 0.15) is 155 Å². The smallest absolute Gasteiger partial charge is 0.303 e. The summed E-state index contributed by atoms with van der Waals surface area (Å²) in [5, 5.41) is 58.9. The maximum atomic E-state index is 16.4. The molecule has 12 atom stereocenters. The lowest BCUT2D eigenvalue weighted by molar-refractivity contribution is -0.142. The number of unbranched alkanes of at least 4 members (excludes halogenated alkanes) is 1. The van der Waals surface area contributed by atoms with Gasteiger partial charge in [-0.25, -0.2) is 0 Å². The minimum Gasteiger partial charge on any atom is -0.492 e. The van der Waals surface area contributed by atoms with E-state index in [0.717, 1.165) is 37.4 Å². The molecular weight excluding hydrogens is 1770 g/mol. The van der Waals surface area contributed by atoms with Crippen molar-refractivity contribution in [2.24, 2.45) is 17.4 Å². The zero-order chi connectivity index (χ0) is 98.5. The number of ketones is 1. The SMILES string of the molecule is CC(=O)CN(C)C(=O)[C@H](Cc1cccnc1)NC(=O)[C@H](CC(N)=O)NC(=O)[C@H](CCC(=O)O)NC(=O)C1(NC(=O)[C@H](Cc2ccc3ccccc3c2)NC(=O)[C@H](Cc2ccc(OCCN)cc2)NC(=O)[C@H]2NC(=O)[C@H](CCCCNC(C)=O)NC(=O)[C@H](Cc3c[nH]c4c(C)cccc34)NC(=O)[C@H]([C@@H](C)O)NC(=O)[C@H](CC(C)C)NC(=O)[C@@H](NC(C)=O)C(C)(C)SSC2(C)C)CCOCC1. The number of primary amides is 1. The standard InChI is InChI=1S/C93H126N18O21S2/c1-51(2)41-67-84(124)108-76(54(5)113)86(126)103-70(46-62-49-98-75-52(3)19-17-23-64(62)75)82(122)100-65(24-15-16-37-97-55(6)114)80(120)109-78(92(10,11)134-133-91(8,9)77(87(127)104-67)99-56(7)115)88(128)105-68(43-57-26-29-63(30-27-57)132-40-35-94)81(121)101-69(44-58-25-28-60-21-13-14-22-61(60)42-58)85(125)110-93(33-38-131-39-34-93)90(130)107-66(31-32-74(117)118)79(119)102-71(47-73(95)116)83(123)106-72(45-59-20-18-36-96-48-59)89(129)111(12)50-53(4)112/h13-14,17-23,25-30,36,42,48-49,51,54,65-72,76-78,98,113H,15-16,24,31-35,37-41,43-47,50,94H2,1-12H3,(H2,95,116)(H,97,114)(H,99,115)(H,100,122)(H,101,121)(H,102,119)(H,103,126)(H,104,127)(H,105,128)(H,106,123)(H,107,130)(H,108,124)(H,109,120)(H,110,125)(H,117,118)/t54-,65+,66+,67+,68+,69+,70+,71+,72+,76+,77-,78-/m1/s1. The van der Waals surface area contributed by atoms with Crippen LogP contribution in [0, 0.1) is 12.8 Å². The fourth-order valence-electron chi connectivity index (χ4n) is 15.5. The molecule has 0 bridgehead atoms. The molecule has 15 amide bonds. The number of hydrogen-bond donors (Lipinski definition) is 18. The second-order valence-corrected chi connectivity index (χ2v) is 38.8. The van der Waals surface area contributed by atoms with Crippen LogP contribution in [-0.2, 0) is 112 Å². The summed E-state index contributed by atoms with van der Waals surface area (Å²) in [6.45, 7) is 16.3. The number of Topliss-reactive ketones (excluding diaryl/α,β-unsaturated/α-hetero) is 1. The van der Waals surface area contributed by atoms with Crippen LogP contribution in [0.15, 0.2) is 116 Å². The number of likely N-dealkylation sites (N-methyl/N-ethyl adjacent to an activating group) is 1. The van der Waals surface area contributed by atoms with Gasteiger partial charge < -0.3 is 110 Å². The van der Waals surface area contributed by atoms with Gasteiger partial charge in [-0.2, -0.15) is 0 Å². The molecule has 20 N–H and O–H groups in total. The number of carbonyl (C=O) groups excluding carboxylic acids is 16. The molecule has 4 aromatic carbocycles. The zero-order valence-electron chi connectivity index (χ0n) is 77.4. The highest BCUT2D eigenvalue weighted by Gasteiger charge is 2.49. The van der Waals surface area contributed by atoms with Crippen LogP contribution in [-0.4, -0.2) is 260 Å². The van der Waals surface area contributed by atoms with E-state index in [1.807, 2.05) is 31.2 Å². The number of nitrogens with two attached hydrogens (primary N) is 2. The summed E-state index contributed by atoms with van der Waals surface area (Å²) in [5.74, 6) is -16.0. The molecule has 0 radical (unpaired) electrons. The number of ether oxygens (including phenoxy) is 2. The maximum absolute atomic E-state index is 16.4. The van der Waals surface area contributed by atoms with Crippen LogP contribution >= 0.6 is 21.6 Å². The summed E-state index contributed by atoms with van der Waals surface area (Å²) in [5.41, 5.74) is 12.7. The molecule has 0 saturated carbocycles. The summed E-state index contributed by atoms with van der Waals surface area (Å²) < 4.78 is 8.48. The largest absolute Gasteiger partial charge is 0.492 e. The molecule has 41 heteroatoms.